The van der Waals surface area contributed by atoms with Crippen molar-refractivity contribution < 1.29 is 18.9 Å². The fraction of sp³-hybridized carbons (Fsp3) is 0.0385. The van der Waals surface area contributed by atoms with E-state index in [1.807, 2.05) is 72.8 Å². The number of nitrogens with zero attached hydrogens (tertiary/aromatic N) is 3. The SMILES string of the molecule is O=C(O)c1cc2nc(-c3ccc(OCc4ccccc4)cc3)cc(-c3ccc(OCl)cc3)n2n1. The maximum absolute atomic E-state index is 11.5. The number of ether oxygens (including phenoxy) is 1. The Morgan fingerprint density at radius 1 is 0.882 bits per heavy atom. The maximum Gasteiger partial charge on any atom is 0.356 e. The summed E-state index contributed by atoms with van der Waals surface area (Å²) in [5, 5.41) is 13.6. The highest BCUT2D eigenvalue weighted by Crippen LogP contribution is 2.29. The standard InChI is InChI=1S/C26H18ClN3O4/c27-34-21-12-8-19(9-13-21)24-14-22(28-25-15-23(26(31)32)29-30(24)25)18-6-10-20(11-7-18)33-16-17-4-2-1-3-5-17/h1-15H,16H2,(H,31,32). The number of hydrogen-bond donors (Lipinski definition) is 1. The third-order valence-corrected chi connectivity index (χ3v) is 5.46. The number of carboxylic acids is 1. The average Bonchev–Trinajstić information content (AvgIpc) is 3.33. The topological polar surface area (TPSA) is 86.0 Å². The molecule has 8 heteroatoms. The second kappa shape index (κ2) is 9.25. The van der Waals surface area contributed by atoms with Crippen molar-refractivity contribution in [3.05, 3.63) is 102 Å². The zero-order chi connectivity index (χ0) is 23.5. The fourth-order valence-electron chi connectivity index (χ4n) is 3.57. The van der Waals surface area contributed by atoms with Gasteiger partial charge in [0, 0.05) is 17.2 Å². The molecule has 0 saturated heterocycles. The average molecular weight is 472 g/mol. The van der Waals surface area contributed by atoms with Crippen molar-refractivity contribution in [1.82, 2.24) is 14.6 Å². The molecule has 34 heavy (non-hydrogen) atoms. The molecule has 5 aromatic rings. The van der Waals surface area contributed by atoms with Crippen LogP contribution < -0.4 is 9.03 Å². The second-order valence-corrected chi connectivity index (χ2v) is 7.69. The Hall–Kier alpha value is -4.36. The monoisotopic (exact) mass is 471 g/mol. The van der Waals surface area contributed by atoms with Gasteiger partial charge in [0.15, 0.2) is 11.3 Å². The molecule has 0 bridgehead atoms. The van der Waals surface area contributed by atoms with Crippen LogP contribution in [0.2, 0.25) is 0 Å². The largest absolute Gasteiger partial charge is 0.489 e. The summed E-state index contributed by atoms with van der Waals surface area (Å²) in [6.45, 7) is 0.477. The molecule has 0 fully saturated rings. The van der Waals surface area contributed by atoms with Crippen LogP contribution in [0.3, 0.4) is 0 Å². The van der Waals surface area contributed by atoms with Crippen LogP contribution in [0.5, 0.6) is 11.5 Å². The Bertz CT molecular complexity index is 1450. The number of carbonyl (C=O) groups is 1. The number of hydrogen-bond acceptors (Lipinski definition) is 5. The minimum absolute atomic E-state index is 0.0868. The van der Waals surface area contributed by atoms with Gasteiger partial charge >= 0.3 is 5.97 Å². The lowest BCUT2D eigenvalue weighted by molar-refractivity contribution is 0.0690. The molecular weight excluding hydrogens is 454 g/mol. The van der Waals surface area contributed by atoms with Crippen LogP contribution in [0.1, 0.15) is 16.1 Å². The van der Waals surface area contributed by atoms with E-state index in [-0.39, 0.29) is 5.69 Å². The third kappa shape index (κ3) is 4.42. The molecule has 5 rings (SSSR count). The van der Waals surface area contributed by atoms with Crippen molar-refractivity contribution in [2.75, 3.05) is 0 Å². The van der Waals surface area contributed by atoms with Crippen LogP contribution in [0, 0.1) is 0 Å². The van der Waals surface area contributed by atoms with Crippen molar-refractivity contribution in [1.29, 1.82) is 0 Å². The van der Waals surface area contributed by atoms with Crippen molar-refractivity contribution >= 4 is 23.5 Å². The molecule has 0 spiro atoms. The van der Waals surface area contributed by atoms with Gasteiger partial charge in [-0.2, -0.15) is 5.10 Å². The molecule has 2 heterocycles. The van der Waals surface area contributed by atoms with Gasteiger partial charge in [-0.05, 0) is 60.2 Å². The van der Waals surface area contributed by atoms with Crippen LogP contribution in [-0.2, 0) is 6.61 Å². The van der Waals surface area contributed by atoms with Crippen molar-refractivity contribution in [2.45, 2.75) is 6.61 Å². The number of aromatic carboxylic acids is 1. The Labute approximate surface area is 200 Å². The van der Waals surface area contributed by atoms with Crippen LogP contribution in [-0.4, -0.2) is 25.7 Å². The van der Waals surface area contributed by atoms with Gasteiger partial charge in [0.2, 0.25) is 0 Å². The van der Waals surface area contributed by atoms with Crippen LogP contribution in [0.25, 0.3) is 28.2 Å². The molecule has 0 radical (unpaired) electrons. The van der Waals surface area contributed by atoms with Gasteiger partial charge in [0.25, 0.3) is 0 Å². The molecule has 0 amide bonds. The Morgan fingerprint density at radius 2 is 1.56 bits per heavy atom. The van der Waals surface area contributed by atoms with E-state index in [9.17, 15) is 9.90 Å². The first-order valence-electron chi connectivity index (χ1n) is 10.4. The van der Waals surface area contributed by atoms with Gasteiger partial charge in [-0.15, -0.1) is 0 Å². The number of rotatable bonds is 7. The zero-order valence-electron chi connectivity index (χ0n) is 17.8. The lowest BCUT2D eigenvalue weighted by atomic mass is 10.1. The summed E-state index contributed by atoms with van der Waals surface area (Å²) in [6, 6.07) is 27.9. The van der Waals surface area contributed by atoms with E-state index in [2.05, 4.69) is 10.1 Å². The van der Waals surface area contributed by atoms with Crippen LogP contribution >= 0.6 is 11.9 Å². The number of fused-ring (bicyclic) bond motifs is 1. The van der Waals surface area contributed by atoms with E-state index < -0.39 is 5.97 Å². The number of carboxylic acid groups (broad SMARTS) is 1. The van der Waals surface area contributed by atoms with Crippen molar-refractivity contribution in [3.63, 3.8) is 0 Å². The minimum Gasteiger partial charge on any atom is -0.489 e. The summed E-state index contributed by atoms with van der Waals surface area (Å²) in [7, 11) is 0. The van der Waals surface area contributed by atoms with Gasteiger partial charge in [-0.25, -0.2) is 14.3 Å². The number of halogens is 1. The quantitative estimate of drug-likeness (QED) is 0.319. The molecule has 7 nitrogen and oxygen atoms in total. The second-order valence-electron chi connectivity index (χ2n) is 7.53. The van der Waals surface area contributed by atoms with Crippen molar-refractivity contribution in [2.24, 2.45) is 0 Å². The fourth-order valence-corrected chi connectivity index (χ4v) is 3.68. The Morgan fingerprint density at radius 3 is 2.24 bits per heavy atom. The summed E-state index contributed by atoms with van der Waals surface area (Å²) in [5.41, 5.74) is 4.43. The summed E-state index contributed by atoms with van der Waals surface area (Å²) in [6.07, 6.45) is 0. The van der Waals surface area contributed by atoms with Gasteiger partial charge in [-0.1, -0.05) is 30.3 Å². The van der Waals surface area contributed by atoms with Gasteiger partial charge in [0.05, 0.1) is 11.4 Å². The highest BCUT2D eigenvalue weighted by atomic mass is 35.5. The highest BCUT2D eigenvalue weighted by molar-refractivity contribution is 6.09. The van der Waals surface area contributed by atoms with Gasteiger partial charge in [0.1, 0.15) is 30.0 Å². The van der Waals surface area contributed by atoms with Gasteiger partial charge < -0.3 is 14.1 Å². The number of aromatic nitrogens is 3. The van der Waals surface area contributed by atoms with E-state index in [1.165, 1.54) is 10.6 Å². The molecule has 2 aromatic heterocycles. The molecule has 168 valence electrons. The molecule has 0 aliphatic rings. The first-order valence-corrected chi connectivity index (χ1v) is 10.7. The van der Waals surface area contributed by atoms with Crippen molar-refractivity contribution in [3.8, 4) is 34.0 Å². The maximum atomic E-state index is 11.5. The summed E-state index contributed by atoms with van der Waals surface area (Å²) in [4.78, 5) is 16.2. The molecule has 0 atom stereocenters. The van der Waals surface area contributed by atoms with E-state index in [0.717, 1.165) is 22.4 Å². The molecule has 1 N–H and O–H groups in total. The first kappa shape index (κ1) is 21.5. The van der Waals surface area contributed by atoms with E-state index in [4.69, 9.17) is 20.9 Å². The smallest absolute Gasteiger partial charge is 0.356 e. The van der Waals surface area contributed by atoms with Crippen LogP contribution in [0.15, 0.2) is 91.0 Å². The molecule has 0 unspecified atom stereocenters. The normalized spacial score (nSPS) is 10.9. The Kier molecular flexibility index (Phi) is 5.84. The molecular formula is C26H18ClN3O4. The summed E-state index contributed by atoms with van der Waals surface area (Å²) < 4.78 is 12.1. The molecule has 0 saturated carbocycles. The third-order valence-electron chi connectivity index (χ3n) is 5.28. The van der Waals surface area contributed by atoms with E-state index in [1.54, 1.807) is 12.1 Å². The summed E-state index contributed by atoms with van der Waals surface area (Å²) >= 11 is 5.43. The number of benzene rings is 3. The highest BCUT2D eigenvalue weighted by Gasteiger charge is 2.16. The lowest BCUT2D eigenvalue weighted by Crippen LogP contribution is -2.01. The summed E-state index contributed by atoms with van der Waals surface area (Å²) in [5.74, 6) is 0.112. The lowest BCUT2D eigenvalue weighted by Gasteiger charge is -2.10. The molecule has 0 aliphatic heterocycles. The molecule has 3 aromatic carbocycles. The zero-order valence-corrected chi connectivity index (χ0v) is 18.5. The molecule has 0 aliphatic carbocycles. The predicted octanol–water partition coefficient (Wildman–Crippen LogP) is 5.87. The minimum atomic E-state index is -1.12. The van der Waals surface area contributed by atoms with E-state index >= 15 is 0 Å². The van der Waals surface area contributed by atoms with Crippen LogP contribution in [0.4, 0.5) is 0 Å². The van der Waals surface area contributed by atoms with Gasteiger partial charge in [-0.3, -0.25) is 0 Å². The van der Waals surface area contributed by atoms with E-state index in [0.29, 0.717) is 29.4 Å². The predicted molar refractivity (Wildman–Crippen MR) is 128 cm³/mol. The Balaban J connectivity index is 1.50. The first-order chi connectivity index (χ1) is 16.6.